The number of unbranched alkanes of at least 4 members (excludes halogenated alkanes) is 1. The van der Waals surface area contributed by atoms with Crippen molar-refractivity contribution < 1.29 is 0 Å². The lowest BCUT2D eigenvalue weighted by Gasteiger charge is -2.18. The lowest BCUT2D eigenvalue weighted by Crippen LogP contribution is -2.32. The molecule has 0 aliphatic carbocycles. The molecule has 2 N–H and O–H groups in total. The molecule has 0 fully saturated rings. The van der Waals surface area contributed by atoms with Gasteiger partial charge in [0.2, 0.25) is 0 Å². The van der Waals surface area contributed by atoms with Crippen LogP contribution in [0.2, 0.25) is 0 Å². The summed E-state index contributed by atoms with van der Waals surface area (Å²) in [5.41, 5.74) is 5.50. The number of nitrogens with two attached hydrogens (primary N) is 1. The highest BCUT2D eigenvalue weighted by Gasteiger charge is 2.14. The van der Waals surface area contributed by atoms with Crippen LogP contribution >= 0.6 is 0 Å². The van der Waals surface area contributed by atoms with E-state index in [0.29, 0.717) is 0 Å². The van der Waals surface area contributed by atoms with Gasteiger partial charge in [-0.1, -0.05) is 13.3 Å². The quantitative estimate of drug-likeness (QED) is 0.663. The monoisotopic (exact) mass is 169 g/mol. The molecule has 0 aromatic rings. The second kappa shape index (κ2) is 5.14. The van der Waals surface area contributed by atoms with Crippen LogP contribution in [0.25, 0.3) is 0 Å². The van der Waals surface area contributed by atoms with Crippen LogP contribution in [0.1, 0.15) is 26.2 Å². The van der Waals surface area contributed by atoms with Gasteiger partial charge in [-0.25, -0.2) is 0 Å². The number of nitrogens with zero attached hydrogens (tertiary/aromatic N) is 2. The molecule has 1 aliphatic rings. The van der Waals surface area contributed by atoms with E-state index in [9.17, 15) is 0 Å². The highest BCUT2D eigenvalue weighted by Crippen LogP contribution is 2.07. The molecule has 1 heterocycles. The molecule has 0 atom stereocenters. The Balaban J connectivity index is 2.29. The third-order valence-electron chi connectivity index (χ3n) is 2.18. The zero-order valence-electron chi connectivity index (χ0n) is 7.92. The van der Waals surface area contributed by atoms with Crippen LogP contribution < -0.4 is 5.73 Å². The van der Waals surface area contributed by atoms with Gasteiger partial charge in [-0.15, -0.1) is 0 Å². The predicted molar refractivity (Wildman–Crippen MR) is 52.5 cm³/mol. The van der Waals surface area contributed by atoms with Gasteiger partial charge in [-0.2, -0.15) is 0 Å². The summed E-state index contributed by atoms with van der Waals surface area (Å²) < 4.78 is 0. The largest absolute Gasteiger partial charge is 0.357 e. The molecule has 12 heavy (non-hydrogen) atoms. The Morgan fingerprint density at radius 1 is 1.58 bits per heavy atom. The van der Waals surface area contributed by atoms with E-state index in [1.807, 2.05) is 0 Å². The maximum absolute atomic E-state index is 5.50. The molecule has 0 amide bonds. The van der Waals surface area contributed by atoms with Crippen molar-refractivity contribution in [3.63, 3.8) is 0 Å². The fraction of sp³-hybridized carbons (Fsp3) is 0.889. The molecule has 1 aliphatic heterocycles. The first kappa shape index (κ1) is 9.52. The zero-order chi connectivity index (χ0) is 8.81. The minimum atomic E-state index is 0.741. The van der Waals surface area contributed by atoms with E-state index >= 15 is 0 Å². The van der Waals surface area contributed by atoms with Crippen LogP contribution in [0.4, 0.5) is 0 Å². The van der Waals surface area contributed by atoms with E-state index in [4.69, 9.17) is 5.73 Å². The van der Waals surface area contributed by atoms with Gasteiger partial charge >= 0.3 is 0 Å². The topological polar surface area (TPSA) is 41.6 Å². The third-order valence-corrected chi connectivity index (χ3v) is 2.18. The van der Waals surface area contributed by atoms with Gasteiger partial charge in [0.1, 0.15) is 0 Å². The Bertz CT molecular complexity index is 154. The molecule has 3 heteroatoms. The molecule has 0 saturated carbocycles. The summed E-state index contributed by atoms with van der Waals surface area (Å²) in [6.45, 7) is 5.98. The summed E-state index contributed by atoms with van der Waals surface area (Å²) in [4.78, 5) is 6.78. The van der Waals surface area contributed by atoms with E-state index in [1.54, 1.807) is 0 Å². The molecular weight excluding hydrogens is 150 g/mol. The van der Waals surface area contributed by atoms with Gasteiger partial charge in [-0.05, 0) is 6.42 Å². The molecule has 70 valence electrons. The van der Waals surface area contributed by atoms with E-state index in [1.165, 1.54) is 18.7 Å². The van der Waals surface area contributed by atoms with Crippen LogP contribution in [-0.4, -0.2) is 36.9 Å². The predicted octanol–water partition coefficient (Wildman–Crippen LogP) is 0.849. The van der Waals surface area contributed by atoms with Crippen molar-refractivity contribution in [3.05, 3.63) is 0 Å². The SMILES string of the molecule is CCCCC1=NCCN1CCN. The maximum Gasteiger partial charge on any atom is 0.0990 e. The molecule has 0 radical (unpaired) electrons. The minimum absolute atomic E-state index is 0.741. The van der Waals surface area contributed by atoms with Crippen molar-refractivity contribution in [3.8, 4) is 0 Å². The second-order valence-corrected chi connectivity index (χ2v) is 3.18. The van der Waals surface area contributed by atoms with Crippen LogP contribution in [0.3, 0.4) is 0 Å². The zero-order valence-corrected chi connectivity index (χ0v) is 7.92. The Kier molecular flexibility index (Phi) is 4.08. The fourth-order valence-corrected chi connectivity index (χ4v) is 1.50. The summed E-state index contributed by atoms with van der Waals surface area (Å²) in [7, 11) is 0. The van der Waals surface area contributed by atoms with Crippen LogP contribution in [-0.2, 0) is 0 Å². The lowest BCUT2D eigenvalue weighted by atomic mass is 10.2. The molecular formula is C9H19N3. The highest BCUT2D eigenvalue weighted by atomic mass is 15.2. The van der Waals surface area contributed by atoms with Gasteiger partial charge in [0.15, 0.2) is 0 Å². The van der Waals surface area contributed by atoms with Gasteiger partial charge in [0.05, 0.1) is 12.4 Å². The molecule has 0 spiro atoms. The van der Waals surface area contributed by atoms with Crippen LogP contribution in [0.5, 0.6) is 0 Å². The molecule has 0 aromatic heterocycles. The van der Waals surface area contributed by atoms with Crippen molar-refractivity contribution in [2.24, 2.45) is 10.7 Å². The highest BCUT2D eigenvalue weighted by molar-refractivity contribution is 5.83. The average Bonchev–Trinajstić information content (AvgIpc) is 2.50. The standard InChI is InChI=1S/C9H19N3/c1-2-3-4-9-11-6-8-12(9)7-5-10/h2-8,10H2,1H3. The Labute approximate surface area is 74.6 Å². The third kappa shape index (κ3) is 2.48. The van der Waals surface area contributed by atoms with Crippen molar-refractivity contribution >= 4 is 5.84 Å². The van der Waals surface area contributed by atoms with Crippen molar-refractivity contribution in [1.82, 2.24) is 4.90 Å². The summed E-state index contributed by atoms with van der Waals surface area (Å²) >= 11 is 0. The summed E-state index contributed by atoms with van der Waals surface area (Å²) in [5, 5.41) is 0. The lowest BCUT2D eigenvalue weighted by molar-refractivity contribution is 0.457. The summed E-state index contributed by atoms with van der Waals surface area (Å²) in [5.74, 6) is 1.28. The van der Waals surface area contributed by atoms with E-state index in [2.05, 4.69) is 16.8 Å². The first-order valence-electron chi connectivity index (χ1n) is 4.86. The van der Waals surface area contributed by atoms with Crippen LogP contribution in [0.15, 0.2) is 4.99 Å². The number of rotatable bonds is 5. The molecule has 3 nitrogen and oxygen atoms in total. The number of aliphatic imine (C=N–C) groups is 1. The first-order chi connectivity index (χ1) is 5.88. The summed E-state index contributed by atoms with van der Waals surface area (Å²) in [6, 6.07) is 0. The first-order valence-corrected chi connectivity index (χ1v) is 4.86. The normalized spacial score (nSPS) is 16.8. The van der Waals surface area contributed by atoms with Crippen molar-refractivity contribution in [2.75, 3.05) is 26.2 Å². The second-order valence-electron chi connectivity index (χ2n) is 3.18. The smallest absolute Gasteiger partial charge is 0.0990 e. The molecule has 0 bridgehead atoms. The van der Waals surface area contributed by atoms with Gasteiger partial charge < -0.3 is 10.6 Å². The Hall–Kier alpha value is -0.570. The molecule has 0 unspecified atom stereocenters. The minimum Gasteiger partial charge on any atom is -0.357 e. The van der Waals surface area contributed by atoms with Gasteiger partial charge in [0.25, 0.3) is 0 Å². The molecule has 0 saturated heterocycles. The fourth-order valence-electron chi connectivity index (χ4n) is 1.50. The Morgan fingerprint density at radius 2 is 2.42 bits per heavy atom. The van der Waals surface area contributed by atoms with E-state index in [-0.39, 0.29) is 0 Å². The maximum atomic E-state index is 5.50. The van der Waals surface area contributed by atoms with E-state index < -0.39 is 0 Å². The molecule has 1 rings (SSSR count). The van der Waals surface area contributed by atoms with Crippen LogP contribution in [0, 0.1) is 0 Å². The summed E-state index contributed by atoms with van der Waals surface area (Å²) in [6.07, 6.45) is 3.63. The Morgan fingerprint density at radius 3 is 3.08 bits per heavy atom. The number of hydrogen-bond acceptors (Lipinski definition) is 3. The van der Waals surface area contributed by atoms with Crippen molar-refractivity contribution in [1.29, 1.82) is 0 Å². The number of hydrogen-bond donors (Lipinski definition) is 1. The number of amidine groups is 1. The van der Waals surface area contributed by atoms with Crippen molar-refractivity contribution in [2.45, 2.75) is 26.2 Å². The van der Waals surface area contributed by atoms with E-state index in [0.717, 1.165) is 32.6 Å². The molecule has 0 aromatic carbocycles. The van der Waals surface area contributed by atoms with Gasteiger partial charge in [-0.3, -0.25) is 4.99 Å². The average molecular weight is 169 g/mol. The van der Waals surface area contributed by atoms with Gasteiger partial charge in [0, 0.05) is 26.1 Å².